The van der Waals surface area contributed by atoms with E-state index in [4.69, 9.17) is 5.11 Å². The number of carbonyl (C=O) groups excluding carboxylic acids is 1. The summed E-state index contributed by atoms with van der Waals surface area (Å²) >= 11 is 0.926. The van der Waals surface area contributed by atoms with Gasteiger partial charge in [-0.2, -0.15) is 11.3 Å². The van der Waals surface area contributed by atoms with E-state index in [2.05, 4.69) is 4.74 Å². The zero-order valence-electron chi connectivity index (χ0n) is 14.6. The van der Waals surface area contributed by atoms with Crippen LogP contribution in [0.15, 0.2) is 47.2 Å². The molecule has 0 aliphatic rings. The zero-order chi connectivity index (χ0) is 22.1. The van der Waals surface area contributed by atoms with Gasteiger partial charge >= 0.3 is 12.3 Å². The summed E-state index contributed by atoms with van der Waals surface area (Å²) in [7, 11) is 0. The molecule has 156 valence electrons. The van der Waals surface area contributed by atoms with Gasteiger partial charge < -0.3 is 15.2 Å². The van der Waals surface area contributed by atoms with Gasteiger partial charge in [-0.25, -0.2) is 13.6 Å². The Bertz CT molecular complexity index is 1100. The fourth-order valence-corrected chi connectivity index (χ4v) is 3.35. The van der Waals surface area contributed by atoms with Crippen LogP contribution in [0, 0.1) is 11.6 Å². The molecule has 1 aromatic heterocycles. The summed E-state index contributed by atoms with van der Waals surface area (Å²) in [5, 5.41) is 13.4. The van der Waals surface area contributed by atoms with Crippen molar-refractivity contribution < 1.29 is 41.4 Å². The number of carboxylic acids is 1. The van der Waals surface area contributed by atoms with Crippen LogP contribution in [-0.4, -0.2) is 23.3 Å². The number of amides is 1. The fraction of sp³-hybridized carbons (Fsp3) is 0.0526. The molecule has 1 heterocycles. The predicted molar refractivity (Wildman–Crippen MR) is 97.7 cm³/mol. The molecule has 0 aliphatic heterocycles. The number of halogens is 5. The first-order valence-electron chi connectivity index (χ1n) is 8.01. The van der Waals surface area contributed by atoms with Gasteiger partial charge in [-0.3, -0.25) is 4.79 Å². The third kappa shape index (κ3) is 4.74. The van der Waals surface area contributed by atoms with Crippen LogP contribution in [0.3, 0.4) is 0 Å². The maximum atomic E-state index is 14.4. The number of thiophene rings is 1. The number of benzene rings is 2. The van der Waals surface area contributed by atoms with Crippen molar-refractivity contribution in [1.29, 1.82) is 0 Å². The van der Waals surface area contributed by atoms with Crippen LogP contribution in [0.25, 0.3) is 11.1 Å². The van der Waals surface area contributed by atoms with Crippen molar-refractivity contribution in [3.05, 3.63) is 69.9 Å². The summed E-state index contributed by atoms with van der Waals surface area (Å²) in [4.78, 5) is 23.3. The predicted octanol–water partition coefficient (Wildman–Crippen LogP) is 5.54. The van der Waals surface area contributed by atoms with E-state index in [1.807, 2.05) is 5.32 Å². The van der Waals surface area contributed by atoms with E-state index in [0.29, 0.717) is 0 Å². The molecule has 0 saturated carbocycles. The Kier molecular flexibility index (Phi) is 5.74. The van der Waals surface area contributed by atoms with E-state index in [1.165, 1.54) is 22.9 Å². The van der Waals surface area contributed by atoms with Crippen molar-refractivity contribution in [3.8, 4) is 16.9 Å². The smallest absolute Gasteiger partial charge is 0.478 e. The molecule has 3 rings (SSSR count). The first kappa shape index (κ1) is 21.2. The van der Waals surface area contributed by atoms with Crippen LogP contribution >= 0.6 is 11.3 Å². The standard InChI is InChI=1S/C19H10F5NO4S/c20-14-5-10(9-2-1-3-11(4-9)29-19(22,23)24)6-15(21)16(14)25-17(26)12-7-30-8-13(12)18(27)28/h1-8H,(H,25,26)(H,27,28). The number of ether oxygens (including phenoxy) is 1. The zero-order valence-corrected chi connectivity index (χ0v) is 15.4. The van der Waals surface area contributed by atoms with E-state index >= 15 is 0 Å². The van der Waals surface area contributed by atoms with Gasteiger partial charge in [-0.05, 0) is 35.4 Å². The first-order chi connectivity index (χ1) is 14.0. The summed E-state index contributed by atoms with van der Waals surface area (Å²) in [6.07, 6.45) is -4.93. The van der Waals surface area contributed by atoms with Crippen LogP contribution in [-0.2, 0) is 0 Å². The Morgan fingerprint density at radius 3 is 2.20 bits per heavy atom. The minimum atomic E-state index is -4.93. The number of anilines is 1. The third-order valence-electron chi connectivity index (χ3n) is 3.82. The van der Waals surface area contributed by atoms with Gasteiger partial charge in [0.05, 0.1) is 11.1 Å². The summed E-state index contributed by atoms with van der Waals surface area (Å²) in [5.41, 5.74) is -1.48. The van der Waals surface area contributed by atoms with Gasteiger partial charge in [0.15, 0.2) is 0 Å². The van der Waals surface area contributed by atoms with E-state index in [-0.39, 0.29) is 22.3 Å². The molecular weight excluding hydrogens is 433 g/mol. The molecule has 0 radical (unpaired) electrons. The molecule has 2 aromatic carbocycles. The lowest BCUT2D eigenvalue weighted by Crippen LogP contribution is -2.17. The van der Waals surface area contributed by atoms with Crippen LogP contribution in [0.4, 0.5) is 27.6 Å². The second kappa shape index (κ2) is 8.11. The molecular formula is C19H10F5NO4S. The van der Waals surface area contributed by atoms with Crippen molar-refractivity contribution >= 4 is 28.9 Å². The van der Waals surface area contributed by atoms with Crippen LogP contribution in [0.5, 0.6) is 5.75 Å². The van der Waals surface area contributed by atoms with E-state index in [1.54, 1.807) is 0 Å². The van der Waals surface area contributed by atoms with Crippen molar-refractivity contribution in [1.82, 2.24) is 0 Å². The van der Waals surface area contributed by atoms with E-state index in [9.17, 15) is 31.5 Å². The Labute approximate surface area is 169 Å². The molecule has 5 nitrogen and oxygen atoms in total. The van der Waals surface area contributed by atoms with Crippen LogP contribution in [0.1, 0.15) is 20.7 Å². The maximum Gasteiger partial charge on any atom is 0.573 e. The Hall–Kier alpha value is -3.47. The fourth-order valence-electron chi connectivity index (χ4n) is 2.55. The van der Waals surface area contributed by atoms with Crippen molar-refractivity contribution in [2.75, 3.05) is 5.32 Å². The van der Waals surface area contributed by atoms with Gasteiger partial charge in [-0.1, -0.05) is 12.1 Å². The van der Waals surface area contributed by atoms with Crippen molar-refractivity contribution in [3.63, 3.8) is 0 Å². The van der Waals surface area contributed by atoms with Crippen molar-refractivity contribution in [2.45, 2.75) is 6.36 Å². The average Bonchev–Trinajstić information content (AvgIpc) is 3.13. The number of rotatable bonds is 5. The SMILES string of the molecule is O=C(O)c1cscc1C(=O)Nc1c(F)cc(-c2cccc(OC(F)(F)F)c2)cc1F. The molecule has 3 aromatic rings. The lowest BCUT2D eigenvalue weighted by molar-refractivity contribution is -0.274. The van der Waals surface area contributed by atoms with E-state index in [0.717, 1.165) is 35.6 Å². The Morgan fingerprint density at radius 1 is 0.967 bits per heavy atom. The molecule has 0 atom stereocenters. The largest absolute Gasteiger partial charge is 0.573 e. The Balaban J connectivity index is 1.89. The number of hydrogen-bond donors (Lipinski definition) is 2. The summed E-state index contributed by atoms with van der Waals surface area (Å²) in [6.45, 7) is 0. The highest BCUT2D eigenvalue weighted by Gasteiger charge is 2.31. The molecule has 2 N–H and O–H groups in total. The quantitative estimate of drug-likeness (QED) is 0.508. The maximum absolute atomic E-state index is 14.4. The molecule has 30 heavy (non-hydrogen) atoms. The third-order valence-corrected chi connectivity index (χ3v) is 4.56. The number of carboxylic acid groups (broad SMARTS) is 1. The number of nitrogens with one attached hydrogen (secondary N) is 1. The number of hydrogen-bond acceptors (Lipinski definition) is 4. The topological polar surface area (TPSA) is 75.6 Å². The number of aromatic carboxylic acids is 1. The molecule has 0 fully saturated rings. The monoisotopic (exact) mass is 443 g/mol. The van der Waals surface area contributed by atoms with Crippen LogP contribution in [0.2, 0.25) is 0 Å². The molecule has 0 saturated heterocycles. The second-order valence-corrected chi connectivity index (χ2v) is 6.59. The molecule has 0 aliphatic carbocycles. The first-order valence-corrected chi connectivity index (χ1v) is 8.95. The van der Waals surface area contributed by atoms with Crippen molar-refractivity contribution in [2.24, 2.45) is 0 Å². The molecule has 0 spiro atoms. The highest BCUT2D eigenvalue weighted by atomic mass is 32.1. The number of carbonyl (C=O) groups is 2. The summed E-state index contributed by atoms with van der Waals surface area (Å²) in [5.74, 6) is -5.38. The van der Waals surface area contributed by atoms with E-state index < -0.39 is 41.3 Å². The molecule has 0 bridgehead atoms. The minimum absolute atomic E-state index is 0.0402. The lowest BCUT2D eigenvalue weighted by Gasteiger charge is -2.12. The van der Waals surface area contributed by atoms with Gasteiger partial charge in [0.2, 0.25) is 0 Å². The lowest BCUT2D eigenvalue weighted by atomic mass is 10.0. The molecule has 11 heteroatoms. The average molecular weight is 443 g/mol. The summed E-state index contributed by atoms with van der Waals surface area (Å²) in [6, 6.07) is 6.14. The van der Waals surface area contributed by atoms with Gasteiger partial charge in [-0.15, -0.1) is 13.2 Å². The normalized spacial score (nSPS) is 11.2. The highest BCUT2D eigenvalue weighted by molar-refractivity contribution is 7.08. The number of alkyl halides is 3. The second-order valence-electron chi connectivity index (χ2n) is 5.85. The highest BCUT2D eigenvalue weighted by Crippen LogP contribution is 2.31. The molecule has 0 unspecified atom stereocenters. The van der Waals surface area contributed by atoms with Gasteiger partial charge in [0.25, 0.3) is 5.91 Å². The van der Waals surface area contributed by atoms with Gasteiger partial charge in [0.1, 0.15) is 23.1 Å². The summed E-state index contributed by atoms with van der Waals surface area (Å²) < 4.78 is 69.7. The van der Waals surface area contributed by atoms with Crippen LogP contribution < -0.4 is 10.1 Å². The Morgan fingerprint density at radius 2 is 1.60 bits per heavy atom. The minimum Gasteiger partial charge on any atom is -0.478 e. The van der Waals surface area contributed by atoms with Gasteiger partial charge in [0, 0.05) is 10.8 Å². The molecule has 1 amide bonds.